The lowest BCUT2D eigenvalue weighted by Crippen LogP contribution is -2.24. The van der Waals surface area contributed by atoms with Crippen molar-refractivity contribution in [2.45, 2.75) is 6.92 Å². The monoisotopic (exact) mass is 329 g/mol. The van der Waals surface area contributed by atoms with Crippen molar-refractivity contribution in [2.75, 3.05) is 5.32 Å². The van der Waals surface area contributed by atoms with Gasteiger partial charge in [0.2, 0.25) is 0 Å². The maximum absolute atomic E-state index is 5.83. The fraction of sp³-hybridized carbons (Fsp3) is 0.0588. The summed E-state index contributed by atoms with van der Waals surface area (Å²) in [6, 6.07) is 17.3. The predicted molar refractivity (Wildman–Crippen MR) is 99.4 cm³/mol. The van der Waals surface area contributed by atoms with Gasteiger partial charge in [0.1, 0.15) is 0 Å². The van der Waals surface area contributed by atoms with E-state index in [1.54, 1.807) is 12.1 Å². The average Bonchev–Trinajstić information content (AvgIpc) is 2.54. The zero-order valence-electron chi connectivity index (χ0n) is 12.1. The Morgan fingerprint density at radius 3 is 2.45 bits per heavy atom. The van der Waals surface area contributed by atoms with Gasteiger partial charge < -0.3 is 5.32 Å². The molecule has 0 fully saturated rings. The summed E-state index contributed by atoms with van der Waals surface area (Å²) in [4.78, 5) is 0. The van der Waals surface area contributed by atoms with Crippen molar-refractivity contribution in [1.29, 1.82) is 0 Å². The first-order valence-corrected chi connectivity index (χ1v) is 7.52. The number of hydrogen-bond donors (Lipinski definition) is 2. The summed E-state index contributed by atoms with van der Waals surface area (Å²) in [5.74, 6) is 0. The minimum atomic E-state index is 0.426. The van der Waals surface area contributed by atoms with Gasteiger partial charge in [-0.25, -0.2) is 0 Å². The van der Waals surface area contributed by atoms with Gasteiger partial charge in [-0.05, 0) is 55.0 Å². The van der Waals surface area contributed by atoms with Crippen LogP contribution in [-0.2, 0) is 0 Å². The van der Waals surface area contributed by atoms with Crippen LogP contribution in [-0.4, -0.2) is 10.8 Å². The van der Waals surface area contributed by atoms with E-state index in [-0.39, 0.29) is 0 Å². The second-order valence-corrected chi connectivity index (χ2v) is 5.41. The number of hydrogen-bond acceptors (Lipinski definition) is 2. The summed E-state index contributed by atoms with van der Waals surface area (Å²) in [6.45, 7) is 1.90. The molecule has 0 unspecified atom stereocenters. The van der Waals surface area contributed by atoms with Crippen LogP contribution in [0, 0.1) is 0 Å². The molecular formula is C17H16ClN3S. The van der Waals surface area contributed by atoms with E-state index in [1.807, 2.05) is 61.5 Å². The van der Waals surface area contributed by atoms with Crippen molar-refractivity contribution < 1.29 is 0 Å². The molecule has 5 heteroatoms. The Morgan fingerprint density at radius 1 is 1.09 bits per heavy atom. The minimum absolute atomic E-state index is 0.426. The highest BCUT2D eigenvalue weighted by Gasteiger charge is 1.96. The molecule has 0 aliphatic heterocycles. The standard InChI is InChI=1S/C17H16ClN3S/c1-13(7-8-14-5-3-2-4-6-14)20-21-17(22)19-16-11-9-15(18)10-12-16/h2-12H,1H3,(H2,19,21,22). The first kappa shape index (κ1) is 16.2. The molecule has 0 bridgehead atoms. The lowest BCUT2D eigenvalue weighted by atomic mass is 10.2. The van der Waals surface area contributed by atoms with E-state index < -0.39 is 0 Å². The van der Waals surface area contributed by atoms with Gasteiger partial charge in [0.15, 0.2) is 5.11 Å². The summed E-state index contributed by atoms with van der Waals surface area (Å²) < 4.78 is 0. The van der Waals surface area contributed by atoms with Gasteiger partial charge in [0, 0.05) is 10.7 Å². The van der Waals surface area contributed by atoms with Crippen LogP contribution in [0.2, 0.25) is 5.02 Å². The Hall–Kier alpha value is -2.17. The molecule has 0 amide bonds. The zero-order chi connectivity index (χ0) is 15.8. The van der Waals surface area contributed by atoms with Gasteiger partial charge in [0.05, 0.1) is 5.71 Å². The van der Waals surface area contributed by atoms with E-state index in [4.69, 9.17) is 23.8 Å². The van der Waals surface area contributed by atoms with Crippen LogP contribution in [0.4, 0.5) is 5.69 Å². The molecule has 112 valence electrons. The molecular weight excluding hydrogens is 314 g/mol. The number of thiocarbonyl (C=S) groups is 1. The average molecular weight is 330 g/mol. The predicted octanol–water partition coefficient (Wildman–Crippen LogP) is 4.72. The second kappa shape index (κ2) is 8.32. The molecule has 2 aromatic carbocycles. The van der Waals surface area contributed by atoms with Crippen molar-refractivity contribution in [3.63, 3.8) is 0 Å². The van der Waals surface area contributed by atoms with E-state index in [9.17, 15) is 0 Å². The van der Waals surface area contributed by atoms with Crippen molar-refractivity contribution in [2.24, 2.45) is 5.10 Å². The topological polar surface area (TPSA) is 36.4 Å². The van der Waals surface area contributed by atoms with Crippen LogP contribution in [0.3, 0.4) is 0 Å². The quantitative estimate of drug-likeness (QED) is 0.484. The van der Waals surface area contributed by atoms with E-state index in [0.29, 0.717) is 10.1 Å². The first-order chi connectivity index (χ1) is 10.6. The molecule has 2 rings (SSSR count). The largest absolute Gasteiger partial charge is 0.331 e. The molecule has 0 saturated carbocycles. The number of nitrogens with one attached hydrogen (secondary N) is 2. The SMILES string of the molecule is CC(C=Cc1ccccc1)=NNC(=S)Nc1ccc(Cl)cc1. The molecule has 22 heavy (non-hydrogen) atoms. The number of benzene rings is 2. The lowest BCUT2D eigenvalue weighted by Gasteiger charge is -2.07. The van der Waals surface area contributed by atoms with Gasteiger partial charge in [-0.3, -0.25) is 5.43 Å². The zero-order valence-corrected chi connectivity index (χ0v) is 13.7. The molecule has 0 aliphatic rings. The van der Waals surface area contributed by atoms with Crippen molar-refractivity contribution in [1.82, 2.24) is 5.43 Å². The number of anilines is 1. The lowest BCUT2D eigenvalue weighted by molar-refractivity contribution is 1.04. The number of halogens is 1. The molecule has 2 N–H and O–H groups in total. The molecule has 0 radical (unpaired) electrons. The van der Waals surface area contributed by atoms with Crippen LogP contribution < -0.4 is 10.7 Å². The Balaban J connectivity index is 1.86. The molecule has 0 atom stereocenters. The Bertz CT molecular complexity index is 679. The molecule has 0 heterocycles. The fourth-order valence-corrected chi connectivity index (χ4v) is 1.94. The van der Waals surface area contributed by atoms with E-state index in [1.165, 1.54) is 0 Å². The first-order valence-electron chi connectivity index (χ1n) is 6.73. The molecule has 0 aromatic heterocycles. The smallest absolute Gasteiger partial charge is 0.191 e. The highest BCUT2D eigenvalue weighted by Crippen LogP contribution is 2.13. The third-order valence-corrected chi connectivity index (χ3v) is 3.20. The summed E-state index contributed by atoms with van der Waals surface area (Å²) in [5.41, 5.74) is 5.61. The molecule has 2 aromatic rings. The highest BCUT2D eigenvalue weighted by molar-refractivity contribution is 7.80. The van der Waals surface area contributed by atoms with Gasteiger partial charge in [-0.2, -0.15) is 5.10 Å². The Labute approximate surface area is 140 Å². The van der Waals surface area contributed by atoms with Crippen LogP contribution in [0.1, 0.15) is 12.5 Å². The van der Waals surface area contributed by atoms with E-state index in [0.717, 1.165) is 17.0 Å². The third kappa shape index (κ3) is 5.68. The normalized spacial score (nSPS) is 11.5. The number of allylic oxidation sites excluding steroid dienone is 1. The summed E-state index contributed by atoms with van der Waals surface area (Å²) in [7, 11) is 0. The summed E-state index contributed by atoms with van der Waals surface area (Å²) in [6.07, 6.45) is 3.92. The maximum atomic E-state index is 5.83. The molecule has 3 nitrogen and oxygen atoms in total. The second-order valence-electron chi connectivity index (χ2n) is 4.57. The third-order valence-electron chi connectivity index (χ3n) is 2.75. The number of rotatable bonds is 4. The minimum Gasteiger partial charge on any atom is -0.331 e. The Kier molecular flexibility index (Phi) is 6.13. The summed E-state index contributed by atoms with van der Waals surface area (Å²) >= 11 is 11.0. The molecule has 0 aliphatic carbocycles. The number of nitrogens with zero attached hydrogens (tertiary/aromatic N) is 1. The van der Waals surface area contributed by atoms with Crippen molar-refractivity contribution in [3.8, 4) is 0 Å². The van der Waals surface area contributed by atoms with Gasteiger partial charge >= 0.3 is 0 Å². The van der Waals surface area contributed by atoms with Gasteiger partial charge in [0.25, 0.3) is 0 Å². The highest BCUT2D eigenvalue weighted by atomic mass is 35.5. The van der Waals surface area contributed by atoms with Crippen LogP contribution in [0.15, 0.2) is 65.8 Å². The van der Waals surface area contributed by atoms with E-state index in [2.05, 4.69) is 15.8 Å². The van der Waals surface area contributed by atoms with E-state index >= 15 is 0 Å². The van der Waals surface area contributed by atoms with Gasteiger partial charge in [-0.15, -0.1) is 0 Å². The Morgan fingerprint density at radius 2 is 1.77 bits per heavy atom. The van der Waals surface area contributed by atoms with Crippen LogP contribution in [0.25, 0.3) is 6.08 Å². The molecule has 0 spiro atoms. The van der Waals surface area contributed by atoms with Crippen LogP contribution in [0.5, 0.6) is 0 Å². The van der Waals surface area contributed by atoms with Gasteiger partial charge in [-0.1, -0.05) is 48.0 Å². The number of hydrazone groups is 1. The molecule has 0 saturated heterocycles. The van der Waals surface area contributed by atoms with Crippen LogP contribution >= 0.6 is 23.8 Å². The maximum Gasteiger partial charge on any atom is 0.191 e. The summed E-state index contributed by atoms with van der Waals surface area (Å²) in [5, 5.41) is 8.34. The van der Waals surface area contributed by atoms with Crippen molar-refractivity contribution >= 4 is 46.4 Å². The fourth-order valence-electron chi connectivity index (χ4n) is 1.65. The van der Waals surface area contributed by atoms with Crippen molar-refractivity contribution in [3.05, 3.63) is 71.3 Å².